The molecule has 2 aliphatic heterocycles. The fraction of sp³-hybridized carbons (Fsp3) is 0.611. The predicted molar refractivity (Wildman–Crippen MR) is 85.6 cm³/mol. The van der Waals surface area contributed by atoms with Crippen molar-refractivity contribution in [3.8, 4) is 0 Å². The summed E-state index contributed by atoms with van der Waals surface area (Å²) in [5, 5.41) is 3.61. The van der Waals surface area contributed by atoms with Gasteiger partial charge in [-0.25, -0.2) is 0 Å². The zero-order valence-corrected chi connectivity index (χ0v) is 13.2. The lowest BCUT2D eigenvalue weighted by molar-refractivity contribution is 0.0649. The van der Waals surface area contributed by atoms with Crippen molar-refractivity contribution in [2.24, 2.45) is 5.92 Å². The molecule has 114 valence electrons. The second kappa shape index (κ2) is 6.18. The molecule has 1 amide bonds. The first-order valence-corrected chi connectivity index (χ1v) is 8.25. The van der Waals surface area contributed by atoms with Crippen LogP contribution in [0.25, 0.3) is 0 Å². The number of amides is 1. The van der Waals surface area contributed by atoms with Gasteiger partial charge in [0.05, 0.1) is 0 Å². The summed E-state index contributed by atoms with van der Waals surface area (Å²) < 4.78 is 0. The number of carbonyl (C=O) groups is 1. The SMILES string of the molecule is Cc1cccc(C)c1C(=O)N1CCCC(C2CCCN2)C1. The molecule has 3 rings (SSSR count). The molecule has 2 saturated heterocycles. The Morgan fingerprint density at radius 2 is 1.95 bits per heavy atom. The van der Waals surface area contributed by atoms with E-state index in [4.69, 9.17) is 0 Å². The van der Waals surface area contributed by atoms with E-state index in [0.29, 0.717) is 12.0 Å². The summed E-state index contributed by atoms with van der Waals surface area (Å²) in [6.45, 7) is 7.06. The van der Waals surface area contributed by atoms with Gasteiger partial charge in [0.1, 0.15) is 0 Å². The molecule has 0 saturated carbocycles. The van der Waals surface area contributed by atoms with Gasteiger partial charge in [0.25, 0.3) is 5.91 Å². The molecule has 0 spiro atoms. The highest BCUT2D eigenvalue weighted by atomic mass is 16.2. The standard InChI is InChI=1S/C18H26N2O/c1-13-6-3-7-14(2)17(13)18(21)20-11-5-8-15(12-20)16-9-4-10-19-16/h3,6-7,15-16,19H,4-5,8-12H2,1-2H3. The van der Waals surface area contributed by atoms with Crippen molar-refractivity contribution in [1.82, 2.24) is 10.2 Å². The summed E-state index contributed by atoms with van der Waals surface area (Å²) in [5.74, 6) is 0.864. The lowest BCUT2D eigenvalue weighted by atomic mass is 9.89. The molecule has 1 aromatic rings. The maximum atomic E-state index is 12.9. The molecule has 0 bridgehead atoms. The molecule has 2 atom stereocenters. The van der Waals surface area contributed by atoms with Crippen molar-refractivity contribution >= 4 is 5.91 Å². The van der Waals surface area contributed by atoms with Crippen LogP contribution < -0.4 is 5.32 Å². The number of nitrogens with one attached hydrogen (secondary N) is 1. The van der Waals surface area contributed by atoms with Crippen LogP contribution in [0.3, 0.4) is 0 Å². The molecule has 2 fully saturated rings. The zero-order valence-electron chi connectivity index (χ0n) is 13.2. The topological polar surface area (TPSA) is 32.3 Å². The molecule has 0 aliphatic carbocycles. The third-order valence-corrected chi connectivity index (χ3v) is 5.11. The van der Waals surface area contributed by atoms with Crippen LogP contribution >= 0.6 is 0 Å². The third kappa shape index (κ3) is 2.98. The van der Waals surface area contributed by atoms with Gasteiger partial charge in [-0.2, -0.15) is 0 Å². The van der Waals surface area contributed by atoms with Crippen LogP contribution in [0.4, 0.5) is 0 Å². The van der Waals surface area contributed by atoms with E-state index in [2.05, 4.69) is 10.2 Å². The number of benzene rings is 1. The molecule has 21 heavy (non-hydrogen) atoms. The molecule has 1 aromatic carbocycles. The molecule has 2 unspecified atom stereocenters. The van der Waals surface area contributed by atoms with Crippen LogP contribution in [0.15, 0.2) is 18.2 Å². The van der Waals surface area contributed by atoms with Crippen LogP contribution in [0.5, 0.6) is 0 Å². The van der Waals surface area contributed by atoms with E-state index in [1.807, 2.05) is 32.0 Å². The van der Waals surface area contributed by atoms with Crippen molar-refractivity contribution in [3.05, 3.63) is 34.9 Å². The number of likely N-dealkylation sites (tertiary alicyclic amines) is 1. The second-order valence-electron chi connectivity index (χ2n) is 6.62. The molecule has 0 radical (unpaired) electrons. The second-order valence-corrected chi connectivity index (χ2v) is 6.62. The summed E-state index contributed by atoms with van der Waals surface area (Å²) in [4.78, 5) is 15.0. The van der Waals surface area contributed by atoms with Gasteiger partial charge >= 0.3 is 0 Å². The van der Waals surface area contributed by atoms with Crippen LogP contribution in [-0.4, -0.2) is 36.5 Å². The van der Waals surface area contributed by atoms with E-state index >= 15 is 0 Å². The summed E-state index contributed by atoms with van der Waals surface area (Å²) in [6.07, 6.45) is 4.95. The Morgan fingerprint density at radius 1 is 1.19 bits per heavy atom. The first-order chi connectivity index (χ1) is 10.2. The fourth-order valence-electron chi connectivity index (χ4n) is 3.95. The molecule has 2 aliphatic rings. The highest BCUT2D eigenvalue weighted by Crippen LogP contribution is 2.26. The van der Waals surface area contributed by atoms with Gasteiger partial charge in [-0.3, -0.25) is 4.79 Å². The quantitative estimate of drug-likeness (QED) is 0.906. The fourth-order valence-corrected chi connectivity index (χ4v) is 3.95. The van der Waals surface area contributed by atoms with Crippen molar-refractivity contribution < 1.29 is 4.79 Å². The average molecular weight is 286 g/mol. The van der Waals surface area contributed by atoms with Gasteiger partial charge in [0, 0.05) is 24.7 Å². The van der Waals surface area contributed by atoms with E-state index in [9.17, 15) is 4.79 Å². The Kier molecular flexibility index (Phi) is 4.29. The van der Waals surface area contributed by atoms with Crippen molar-refractivity contribution in [3.63, 3.8) is 0 Å². The smallest absolute Gasteiger partial charge is 0.254 e. The number of hydrogen-bond donors (Lipinski definition) is 1. The Bertz CT molecular complexity index is 500. The molecule has 2 heterocycles. The monoisotopic (exact) mass is 286 g/mol. The first kappa shape index (κ1) is 14.6. The minimum Gasteiger partial charge on any atom is -0.338 e. The largest absolute Gasteiger partial charge is 0.338 e. The third-order valence-electron chi connectivity index (χ3n) is 5.11. The Labute approximate surface area is 127 Å². The van der Waals surface area contributed by atoms with Gasteiger partial charge in [0.2, 0.25) is 0 Å². The predicted octanol–water partition coefficient (Wildman–Crippen LogP) is 2.91. The van der Waals surface area contributed by atoms with Crippen molar-refractivity contribution in [2.45, 2.75) is 45.6 Å². The molecular weight excluding hydrogens is 260 g/mol. The maximum absolute atomic E-state index is 12.9. The molecule has 0 aromatic heterocycles. The van der Waals surface area contributed by atoms with E-state index in [-0.39, 0.29) is 5.91 Å². The highest BCUT2D eigenvalue weighted by molar-refractivity contribution is 5.97. The molecule has 3 nitrogen and oxygen atoms in total. The van der Waals surface area contributed by atoms with E-state index in [0.717, 1.165) is 42.7 Å². The lowest BCUT2D eigenvalue weighted by Gasteiger charge is -2.36. The number of nitrogens with zero attached hydrogens (tertiary/aromatic N) is 1. The van der Waals surface area contributed by atoms with Gasteiger partial charge in [-0.1, -0.05) is 18.2 Å². The Hall–Kier alpha value is -1.35. The minimum atomic E-state index is 0.230. The number of piperidine rings is 1. The highest BCUT2D eigenvalue weighted by Gasteiger charge is 2.31. The molecule has 3 heteroatoms. The summed E-state index contributed by atoms with van der Waals surface area (Å²) in [5.41, 5.74) is 3.11. The van der Waals surface area contributed by atoms with Crippen LogP contribution in [0.1, 0.15) is 47.2 Å². The number of hydrogen-bond acceptors (Lipinski definition) is 2. The molecular formula is C18H26N2O. The number of rotatable bonds is 2. The van der Waals surface area contributed by atoms with Crippen molar-refractivity contribution in [1.29, 1.82) is 0 Å². The van der Waals surface area contributed by atoms with Gasteiger partial charge < -0.3 is 10.2 Å². The maximum Gasteiger partial charge on any atom is 0.254 e. The minimum absolute atomic E-state index is 0.230. The summed E-state index contributed by atoms with van der Waals surface area (Å²) in [7, 11) is 0. The van der Waals surface area contributed by atoms with Crippen LogP contribution in [0, 0.1) is 19.8 Å². The van der Waals surface area contributed by atoms with Gasteiger partial charge in [-0.05, 0) is 63.1 Å². The normalized spacial score (nSPS) is 26.1. The lowest BCUT2D eigenvalue weighted by Crippen LogP contribution is -2.46. The first-order valence-electron chi connectivity index (χ1n) is 8.25. The van der Waals surface area contributed by atoms with E-state index < -0.39 is 0 Å². The Morgan fingerprint density at radius 3 is 2.62 bits per heavy atom. The summed E-state index contributed by atoms with van der Waals surface area (Å²) in [6, 6.07) is 6.74. The van der Waals surface area contributed by atoms with Crippen LogP contribution in [0.2, 0.25) is 0 Å². The van der Waals surface area contributed by atoms with Gasteiger partial charge in [-0.15, -0.1) is 0 Å². The molecule has 1 N–H and O–H groups in total. The number of carbonyl (C=O) groups excluding carboxylic acids is 1. The zero-order chi connectivity index (χ0) is 14.8. The van der Waals surface area contributed by atoms with Crippen molar-refractivity contribution in [2.75, 3.05) is 19.6 Å². The summed E-state index contributed by atoms with van der Waals surface area (Å²) >= 11 is 0. The van der Waals surface area contributed by atoms with Crippen LogP contribution in [-0.2, 0) is 0 Å². The van der Waals surface area contributed by atoms with E-state index in [1.54, 1.807) is 0 Å². The van der Waals surface area contributed by atoms with Gasteiger partial charge in [0.15, 0.2) is 0 Å². The van der Waals surface area contributed by atoms with E-state index in [1.165, 1.54) is 19.3 Å². The number of aryl methyl sites for hydroxylation is 2. The average Bonchev–Trinajstić information content (AvgIpc) is 3.01. The Balaban J connectivity index is 1.75.